The Morgan fingerprint density at radius 1 is 1.28 bits per heavy atom. The summed E-state index contributed by atoms with van der Waals surface area (Å²) >= 11 is 0. The number of aryl methyl sites for hydroxylation is 1. The summed E-state index contributed by atoms with van der Waals surface area (Å²) in [5.74, 6) is -0.176. The third-order valence-corrected chi connectivity index (χ3v) is 4.15. The van der Waals surface area contributed by atoms with Crippen molar-refractivity contribution in [2.24, 2.45) is 0 Å². The Bertz CT molecular complexity index is 536. The van der Waals surface area contributed by atoms with Crippen LogP contribution in [0.2, 0.25) is 0 Å². The molecule has 1 fully saturated rings. The molecule has 1 unspecified atom stereocenters. The van der Waals surface area contributed by atoms with Crippen LogP contribution in [0.15, 0.2) is 29.2 Å². The van der Waals surface area contributed by atoms with Crippen molar-refractivity contribution >= 4 is 16.0 Å². The van der Waals surface area contributed by atoms with Gasteiger partial charge in [0.15, 0.2) is 0 Å². The van der Waals surface area contributed by atoms with Crippen LogP contribution >= 0.6 is 0 Å². The number of amides is 1. The smallest absolute Gasteiger partial charge is 0.297 e. The minimum atomic E-state index is -3.78. The molecule has 1 atom stereocenters. The van der Waals surface area contributed by atoms with Gasteiger partial charge < -0.3 is 5.32 Å². The summed E-state index contributed by atoms with van der Waals surface area (Å²) in [6.07, 6.45) is 0.0344. The lowest BCUT2D eigenvalue weighted by Crippen LogP contribution is -2.38. The summed E-state index contributed by atoms with van der Waals surface area (Å²) < 4.78 is 29.0. The van der Waals surface area contributed by atoms with Gasteiger partial charge >= 0.3 is 0 Å². The molecular formula is C12H15NO4S. The monoisotopic (exact) mass is 269 g/mol. The van der Waals surface area contributed by atoms with E-state index in [4.69, 9.17) is 4.18 Å². The van der Waals surface area contributed by atoms with Gasteiger partial charge in [0, 0.05) is 6.54 Å². The first-order valence-corrected chi connectivity index (χ1v) is 7.15. The lowest BCUT2D eigenvalue weighted by Gasteiger charge is -2.21. The van der Waals surface area contributed by atoms with Crippen molar-refractivity contribution in [1.82, 2.24) is 5.32 Å². The quantitative estimate of drug-likeness (QED) is 0.830. The number of nitrogens with one attached hydrogen (secondary N) is 1. The summed E-state index contributed by atoms with van der Waals surface area (Å²) in [4.78, 5) is 11.3. The number of hydrogen-bond acceptors (Lipinski definition) is 4. The number of rotatable bonds is 3. The highest BCUT2D eigenvalue weighted by molar-refractivity contribution is 7.86. The average Bonchev–Trinajstić information content (AvgIpc) is 2.29. The van der Waals surface area contributed by atoms with Gasteiger partial charge in [-0.05, 0) is 25.5 Å². The summed E-state index contributed by atoms with van der Waals surface area (Å²) in [6, 6.07) is 6.44. The fourth-order valence-electron chi connectivity index (χ4n) is 1.78. The molecule has 0 aliphatic carbocycles. The maximum absolute atomic E-state index is 12.0. The van der Waals surface area contributed by atoms with Crippen LogP contribution in [0.3, 0.4) is 0 Å². The van der Waals surface area contributed by atoms with Gasteiger partial charge in [0.1, 0.15) is 0 Å². The van der Waals surface area contributed by atoms with E-state index < -0.39 is 16.2 Å². The number of carbonyl (C=O) groups excluding carboxylic acids is 1. The first-order chi connectivity index (χ1) is 8.47. The second kappa shape index (κ2) is 5.07. The van der Waals surface area contributed by atoms with Gasteiger partial charge in [-0.1, -0.05) is 17.7 Å². The number of benzene rings is 1. The van der Waals surface area contributed by atoms with Gasteiger partial charge in [0.2, 0.25) is 5.91 Å². The Morgan fingerprint density at radius 2 is 1.94 bits per heavy atom. The summed E-state index contributed by atoms with van der Waals surface area (Å²) in [7, 11) is -3.78. The van der Waals surface area contributed by atoms with Crippen LogP contribution in [0.4, 0.5) is 0 Å². The molecule has 1 aromatic carbocycles. The van der Waals surface area contributed by atoms with Crippen LogP contribution in [0.1, 0.15) is 18.4 Å². The maximum atomic E-state index is 12.0. The topological polar surface area (TPSA) is 72.5 Å². The second-order valence-electron chi connectivity index (χ2n) is 4.33. The molecule has 1 saturated heterocycles. The van der Waals surface area contributed by atoms with E-state index in [-0.39, 0.29) is 17.2 Å². The molecule has 0 aromatic heterocycles. The zero-order chi connectivity index (χ0) is 13.2. The number of hydrogen-bond donors (Lipinski definition) is 1. The molecule has 1 aliphatic heterocycles. The number of piperidine rings is 1. The zero-order valence-electron chi connectivity index (χ0n) is 10.0. The van der Waals surface area contributed by atoms with Crippen molar-refractivity contribution in [2.75, 3.05) is 6.54 Å². The minimum absolute atomic E-state index is 0.0884. The maximum Gasteiger partial charge on any atom is 0.297 e. The molecule has 1 heterocycles. The molecule has 5 nitrogen and oxygen atoms in total. The molecule has 1 amide bonds. The summed E-state index contributed by atoms with van der Waals surface area (Å²) in [6.45, 7) is 2.33. The van der Waals surface area contributed by atoms with Crippen molar-refractivity contribution in [3.05, 3.63) is 29.8 Å². The summed E-state index contributed by atoms with van der Waals surface area (Å²) in [5.41, 5.74) is 0.978. The standard InChI is InChI=1S/C12H15NO4S/c1-9-2-4-11(5-3-9)18(15,16)17-10-6-7-13-12(14)8-10/h2-5,10H,6-8H2,1H3,(H,13,14). The molecule has 1 aromatic rings. The molecule has 98 valence electrons. The molecule has 6 heteroatoms. The first kappa shape index (κ1) is 13.0. The van der Waals surface area contributed by atoms with Crippen LogP contribution in [0.25, 0.3) is 0 Å². The molecule has 18 heavy (non-hydrogen) atoms. The van der Waals surface area contributed by atoms with E-state index in [0.717, 1.165) is 5.56 Å². The van der Waals surface area contributed by atoms with Crippen LogP contribution in [-0.2, 0) is 19.1 Å². The Morgan fingerprint density at radius 3 is 2.56 bits per heavy atom. The molecule has 1 N–H and O–H groups in total. The van der Waals surface area contributed by atoms with E-state index in [1.54, 1.807) is 12.1 Å². The van der Waals surface area contributed by atoms with Crippen LogP contribution in [0, 0.1) is 6.92 Å². The molecule has 0 spiro atoms. The molecule has 0 bridgehead atoms. The minimum Gasteiger partial charge on any atom is -0.356 e. The second-order valence-corrected chi connectivity index (χ2v) is 5.90. The highest BCUT2D eigenvalue weighted by Gasteiger charge is 2.26. The van der Waals surface area contributed by atoms with Gasteiger partial charge in [0.05, 0.1) is 17.4 Å². The van der Waals surface area contributed by atoms with E-state index in [2.05, 4.69) is 5.32 Å². The van der Waals surface area contributed by atoms with E-state index >= 15 is 0 Å². The predicted octanol–water partition coefficient (Wildman–Crippen LogP) is 0.979. The van der Waals surface area contributed by atoms with E-state index in [1.807, 2.05) is 6.92 Å². The SMILES string of the molecule is Cc1ccc(S(=O)(=O)OC2CCNC(=O)C2)cc1. The van der Waals surface area contributed by atoms with E-state index in [9.17, 15) is 13.2 Å². The van der Waals surface area contributed by atoms with E-state index in [1.165, 1.54) is 12.1 Å². The van der Waals surface area contributed by atoms with Gasteiger partial charge in [-0.15, -0.1) is 0 Å². The van der Waals surface area contributed by atoms with Crippen molar-refractivity contribution < 1.29 is 17.4 Å². The first-order valence-electron chi connectivity index (χ1n) is 5.74. The lowest BCUT2D eigenvalue weighted by molar-refractivity contribution is -0.124. The Balaban J connectivity index is 2.11. The Hall–Kier alpha value is -1.40. The van der Waals surface area contributed by atoms with Crippen LogP contribution < -0.4 is 5.32 Å². The number of carbonyl (C=O) groups is 1. The van der Waals surface area contributed by atoms with Crippen LogP contribution in [0.5, 0.6) is 0 Å². The molecular weight excluding hydrogens is 254 g/mol. The van der Waals surface area contributed by atoms with Crippen molar-refractivity contribution in [3.8, 4) is 0 Å². The van der Waals surface area contributed by atoms with Crippen molar-refractivity contribution in [3.63, 3.8) is 0 Å². The van der Waals surface area contributed by atoms with Crippen molar-refractivity contribution in [1.29, 1.82) is 0 Å². The third kappa shape index (κ3) is 3.08. The van der Waals surface area contributed by atoms with Crippen LogP contribution in [-0.4, -0.2) is 27.0 Å². The molecule has 2 rings (SSSR count). The third-order valence-electron chi connectivity index (χ3n) is 2.77. The lowest BCUT2D eigenvalue weighted by atomic mass is 10.1. The predicted molar refractivity (Wildman–Crippen MR) is 65.5 cm³/mol. The fourth-order valence-corrected chi connectivity index (χ4v) is 2.88. The van der Waals surface area contributed by atoms with Crippen molar-refractivity contribution in [2.45, 2.75) is 30.8 Å². The van der Waals surface area contributed by atoms with Gasteiger partial charge in [0.25, 0.3) is 10.1 Å². The largest absolute Gasteiger partial charge is 0.356 e. The highest BCUT2D eigenvalue weighted by atomic mass is 32.2. The zero-order valence-corrected chi connectivity index (χ0v) is 10.9. The fraction of sp³-hybridized carbons (Fsp3) is 0.417. The van der Waals surface area contributed by atoms with E-state index in [0.29, 0.717) is 13.0 Å². The average molecular weight is 269 g/mol. The normalized spacial score (nSPS) is 20.5. The molecule has 0 saturated carbocycles. The van der Waals surface area contributed by atoms with Gasteiger partial charge in [-0.3, -0.25) is 8.98 Å². The summed E-state index contributed by atoms with van der Waals surface area (Å²) in [5, 5.41) is 2.63. The molecule has 1 aliphatic rings. The Labute approximate surface area is 106 Å². The highest BCUT2D eigenvalue weighted by Crippen LogP contribution is 2.18. The van der Waals surface area contributed by atoms with Gasteiger partial charge in [-0.2, -0.15) is 8.42 Å². The Kier molecular flexibility index (Phi) is 3.68. The van der Waals surface area contributed by atoms with Gasteiger partial charge in [-0.25, -0.2) is 0 Å². The molecule has 0 radical (unpaired) electrons.